The Morgan fingerprint density at radius 2 is 1.74 bits per heavy atom. The number of amidine groups is 1. The molecular weight excluding hydrogens is 518 g/mol. The summed E-state index contributed by atoms with van der Waals surface area (Å²) in [5.74, 6) is -0.677. The Kier molecular flexibility index (Phi) is 7.09. The number of carbonyl (C=O) groups is 3. The van der Waals surface area contributed by atoms with Crippen LogP contribution in [0, 0.1) is 0 Å². The molecule has 39 heavy (non-hydrogen) atoms. The van der Waals surface area contributed by atoms with Crippen molar-refractivity contribution < 1.29 is 22.8 Å². The van der Waals surface area contributed by atoms with E-state index in [9.17, 15) is 22.8 Å². The van der Waals surface area contributed by atoms with Crippen LogP contribution in [-0.4, -0.2) is 50.1 Å². The molecule has 1 atom stereocenters. The Balaban J connectivity index is 1.24. The molecule has 5 rings (SSSR count). The van der Waals surface area contributed by atoms with Crippen molar-refractivity contribution in [2.24, 2.45) is 4.99 Å². The summed E-state index contributed by atoms with van der Waals surface area (Å²) in [4.78, 5) is 43.9. The summed E-state index contributed by atoms with van der Waals surface area (Å²) in [6.45, 7) is 1.72. The maximum absolute atomic E-state index is 13.3. The van der Waals surface area contributed by atoms with E-state index in [1.54, 1.807) is 13.0 Å². The maximum atomic E-state index is 13.3. The van der Waals surface area contributed by atoms with Gasteiger partial charge in [0.25, 0.3) is 15.9 Å². The predicted molar refractivity (Wildman–Crippen MR) is 148 cm³/mol. The highest BCUT2D eigenvalue weighted by atomic mass is 32.2. The second-order valence-corrected chi connectivity index (χ2v) is 11.5. The molecule has 11 heteroatoms. The van der Waals surface area contributed by atoms with Crippen molar-refractivity contribution >= 4 is 50.2 Å². The number of anilines is 1. The molecule has 4 amide bonds. The zero-order chi connectivity index (χ0) is 27.6. The lowest BCUT2D eigenvalue weighted by Gasteiger charge is -2.22. The van der Waals surface area contributed by atoms with Crippen LogP contribution in [0.2, 0.25) is 0 Å². The minimum absolute atomic E-state index is 0.0349. The number of benzene rings is 3. The number of nitrogens with one attached hydrogen (secondary N) is 3. The number of carbonyl (C=O) groups excluding carboxylic acids is 3. The topological polar surface area (TPSA) is 137 Å². The number of rotatable bonds is 6. The number of aliphatic imine (C=N–C) groups is 1. The van der Waals surface area contributed by atoms with Crippen molar-refractivity contribution in [3.05, 3.63) is 72.3 Å². The molecule has 1 fully saturated rings. The van der Waals surface area contributed by atoms with Gasteiger partial charge in [-0.3, -0.25) is 24.2 Å². The summed E-state index contributed by atoms with van der Waals surface area (Å²) >= 11 is 0. The summed E-state index contributed by atoms with van der Waals surface area (Å²) in [7, 11) is -3.81. The Bertz CT molecular complexity index is 1590. The summed E-state index contributed by atoms with van der Waals surface area (Å²) in [5, 5.41) is 7.27. The molecule has 0 radical (unpaired) electrons. The molecular formula is C28H29N5O5S. The second kappa shape index (κ2) is 10.5. The SMILES string of the molecule is CC1(c2ccc3ccccc3c2)NC(=O)N(CC(=O)Nc2ccc(S(=O)(=O)NC3=NCCCCC3)cc2)C1=O. The quantitative estimate of drug-likeness (QED) is 0.406. The molecule has 202 valence electrons. The van der Waals surface area contributed by atoms with E-state index in [0.29, 0.717) is 30.1 Å². The van der Waals surface area contributed by atoms with Gasteiger partial charge in [0.1, 0.15) is 17.9 Å². The van der Waals surface area contributed by atoms with Gasteiger partial charge in [0.05, 0.1) is 4.90 Å². The first-order valence-corrected chi connectivity index (χ1v) is 14.2. The fourth-order valence-electron chi connectivity index (χ4n) is 4.77. The number of urea groups is 1. The van der Waals surface area contributed by atoms with Crippen LogP contribution in [0.4, 0.5) is 10.5 Å². The zero-order valence-electron chi connectivity index (χ0n) is 21.4. The van der Waals surface area contributed by atoms with E-state index < -0.39 is 40.0 Å². The van der Waals surface area contributed by atoms with Gasteiger partial charge in [0, 0.05) is 18.7 Å². The zero-order valence-corrected chi connectivity index (χ0v) is 22.3. The second-order valence-electron chi connectivity index (χ2n) is 9.83. The molecule has 10 nitrogen and oxygen atoms in total. The van der Waals surface area contributed by atoms with Crippen molar-refractivity contribution in [1.82, 2.24) is 14.9 Å². The Labute approximate surface area is 226 Å². The Hall–Kier alpha value is -4.25. The number of hydrogen-bond donors (Lipinski definition) is 3. The molecule has 0 spiro atoms. The highest BCUT2D eigenvalue weighted by molar-refractivity contribution is 7.90. The normalized spacial score (nSPS) is 19.8. The van der Waals surface area contributed by atoms with Crippen LogP contribution in [0.1, 0.15) is 38.2 Å². The van der Waals surface area contributed by atoms with E-state index in [0.717, 1.165) is 34.9 Å². The third-order valence-corrected chi connectivity index (χ3v) is 8.38. The van der Waals surface area contributed by atoms with Gasteiger partial charge in [-0.2, -0.15) is 0 Å². The van der Waals surface area contributed by atoms with E-state index in [2.05, 4.69) is 20.3 Å². The summed E-state index contributed by atoms with van der Waals surface area (Å²) in [6, 6.07) is 18.2. The largest absolute Gasteiger partial charge is 0.325 e. The van der Waals surface area contributed by atoms with Gasteiger partial charge < -0.3 is 10.6 Å². The minimum Gasteiger partial charge on any atom is -0.325 e. The molecule has 3 aromatic rings. The van der Waals surface area contributed by atoms with Crippen LogP contribution < -0.4 is 15.4 Å². The smallest absolute Gasteiger partial charge is 0.325 e. The third kappa shape index (κ3) is 5.49. The van der Waals surface area contributed by atoms with E-state index in [1.807, 2.05) is 36.4 Å². The molecule has 3 N–H and O–H groups in total. The van der Waals surface area contributed by atoms with Gasteiger partial charge in [-0.1, -0.05) is 42.8 Å². The van der Waals surface area contributed by atoms with Crippen LogP contribution in [0.25, 0.3) is 10.8 Å². The molecule has 0 bridgehead atoms. The van der Waals surface area contributed by atoms with Gasteiger partial charge in [-0.25, -0.2) is 13.2 Å². The summed E-state index contributed by atoms with van der Waals surface area (Å²) in [5.41, 5.74) is -0.371. The molecule has 2 heterocycles. The monoisotopic (exact) mass is 547 g/mol. The molecule has 2 aliphatic rings. The van der Waals surface area contributed by atoms with E-state index in [-0.39, 0.29) is 4.90 Å². The molecule has 0 aromatic heterocycles. The number of amides is 4. The molecule has 1 saturated heterocycles. The number of sulfonamides is 1. The van der Waals surface area contributed by atoms with Crippen LogP contribution >= 0.6 is 0 Å². The van der Waals surface area contributed by atoms with Crippen molar-refractivity contribution in [2.75, 3.05) is 18.4 Å². The number of nitrogens with zero attached hydrogens (tertiary/aromatic N) is 2. The molecule has 0 saturated carbocycles. The lowest BCUT2D eigenvalue weighted by Crippen LogP contribution is -2.42. The van der Waals surface area contributed by atoms with Gasteiger partial charge >= 0.3 is 6.03 Å². The Morgan fingerprint density at radius 3 is 2.51 bits per heavy atom. The predicted octanol–water partition coefficient (Wildman–Crippen LogP) is 3.50. The van der Waals surface area contributed by atoms with E-state index >= 15 is 0 Å². The molecule has 3 aromatic carbocycles. The van der Waals surface area contributed by atoms with E-state index in [4.69, 9.17) is 0 Å². The van der Waals surface area contributed by atoms with Gasteiger partial charge in [-0.05, 0) is 66.4 Å². The third-order valence-electron chi connectivity index (χ3n) is 6.98. The van der Waals surface area contributed by atoms with Gasteiger partial charge in [-0.15, -0.1) is 0 Å². The number of imide groups is 1. The van der Waals surface area contributed by atoms with Crippen molar-refractivity contribution in [2.45, 2.75) is 43.0 Å². The number of fused-ring (bicyclic) bond motifs is 1. The van der Waals surface area contributed by atoms with Crippen molar-refractivity contribution in [3.8, 4) is 0 Å². The summed E-state index contributed by atoms with van der Waals surface area (Å²) < 4.78 is 28.0. The van der Waals surface area contributed by atoms with Crippen molar-refractivity contribution in [3.63, 3.8) is 0 Å². The van der Waals surface area contributed by atoms with Crippen LogP contribution in [0.3, 0.4) is 0 Å². The Morgan fingerprint density at radius 1 is 1.00 bits per heavy atom. The minimum atomic E-state index is -3.81. The van der Waals surface area contributed by atoms with E-state index in [1.165, 1.54) is 24.3 Å². The lowest BCUT2D eigenvalue weighted by molar-refractivity contribution is -0.133. The van der Waals surface area contributed by atoms with Gasteiger partial charge in [0.2, 0.25) is 5.91 Å². The maximum Gasteiger partial charge on any atom is 0.325 e. The average molecular weight is 548 g/mol. The fraction of sp³-hybridized carbons (Fsp3) is 0.286. The molecule has 0 aliphatic carbocycles. The highest BCUT2D eigenvalue weighted by Crippen LogP contribution is 2.31. The highest BCUT2D eigenvalue weighted by Gasteiger charge is 2.49. The van der Waals surface area contributed by atoms with Crippen LogP contribution in [0.5, 0.6) is 0 Å². The first kappa shape index (κ1) is 26.4. The average Bonchev–Trinajstić information content (AvgIpc) is 3.08. The first-order chi connectivity index (χ1) is 18.7. The summed E-state index contributed by atoms with van der Waals surface area (Å²) in [6.07, 6.45) is 3.41. The van der Waals surface area contributed by atoms with Crippen molar-refractivity contribution in [1.29, 1.82) is 0 Å². The first-order valence-electron chi connectivity index (χ1n) is 12.8. The standard InChI is InChI=1S/C28H29N5O5S/c1-28(21-11-10-19-7-4-5-8-20(19)17-21)26(35)33(27(36)31-28)18-25(34)30-22-12-14-23(15-13-22)39(37,38)32-24-9-3-2-6-16-29-24/h4-5,7-8,10-15,17H,2-3,6,9,16,18H2,1H3,(H,29,32)(H,30,34)(H,31,36). The van der Waals surface area contributed by atoms with Crippen LogP contribution in [0.15, 0.2) is 76.6 Å². The molecule has 1 unspecified atom stereocenters. The number of hydrogen-bond acceptors (Lipinski definition) is 6. The molecule has 2 aliphatic heterocycles. The van der Waals surface area contributed by atoms with Gasteiger partial charge in [0.15, 0.2) is 0 Å². The van der Waals surface area contributed by atoms with Crippen LogP contribution in [-0.2, 0) is 25.2 Å². The fourth-order valence-corrected chi connectivity index (χ4v) is 5.86. The lowest BCUT2D eigenvalue weighted by atomic mass is 9.90.